The number of carbonyl (C=O) groups is 1. The summed E-state index contributed by atoms with van der Waals surface area (Å²) in [5.41, 5.74) is 2.39. The van der Waals surface area contributed by atoms with E-state index < -0.39 is 0 Å². The second-order valence-corrected chi connectivity index (χ2v) is 6.15. The molecular weight excluding hydrogens is 312 g/mol. The van der Waals surface area contributed by atoms with Gasteiger partial charge in [-0.25, -0.2) is 0 Å². The molecule has 1 fully saturated rings. The molecule has 23 heavy (non-hydrogen) atoms. The first kappa shape index (κ1) is 16.0. The average molecular weight is 331 g/mol. The molecule has 2 atom stereocenters. The van der Waals surface area contributed by atoms with Crippen molar-refractivity contribution in [2.75, 3.05) is 18.5 Å². The van der Waals surface area contributed by atoms with Crippen LogP contribution < -0.4 is 10.6 Å². The van der Waals surface area contributed by atoms with Crippen molar-refractivity contribution in [2.45, 2.75) is 19.1 Å². The lowest BCUT2D eigenvalue weighted by Crippen LogP contribution is -2.40. The lowest BCUT2D eigenvalue weighted by molar-refractivity contribution is 0.00696. The molecule has 2 unspecified atom stereocenters. The molecule has 2 aromatic rings. The van der Waals surface area contributed by atoms with Gasteiger partial charge in [0.1, 0.15) is 0 Å². The van der Waals surface area contributed by atoms with Crippen LogP contribution in [0, 0.1) is 0 Å². The number of nitrogens with one attached hydrogen (secondary N) is 2. The largest absolute Gasteiger partial charge is 0.371 e. The molecule has 4 nitrogen and oxygen atoms in total. The Morgan fingerprint density at radius 3 is 2.70 bits per heavy atom. The van der Waals surface area contributed by atoms with Crippen LogP contribution in [0.2, 0.25) is 5.02 Å². The summed E-state index contributed by atoms with van der Waals surface area (Å²) in [6.07, 6.45) is 0.0591. The summed E-state index contributed by atoms with van der Waals surface area (Å²) in [7, 11) is 0. The number of morpholine rings is 1. The van der Waals surface area contributed by atoms with Gasteiger partial charge in [-0.1, -0.05) is 29.8 Å². The molecule has 0 saturated carbocycles. The van der Waals surface area contributed by atoms with Gasteiger partial charge >= 0.3 is 0 Å². The summed E-state index contributed by atoms with van der Waals surface area (Å²) in [4.78, 5) is 12.2. The molecule has 1 saturated heterocycles. The molecule has 3 rings (SSSR count). The second-order valence-electron chi connectivity index (χ2n) is 5.72. The minimum atomic E-state index is -0.176. The average Bonchev–Trinajstić information content (AvgIpc) is 2.56. The zero-order chi connectivity index (χ0) is 16.2. The van der Waals surface area contributed by atoms with E-state index in [0.29, 0.717) is 23.2 Å². The highest BCUT2D eigenvalue weighted by atomic mass is 35.5. The van der Waals surface area contributed by atoms with Gasteiger partial charge in [-0.05, 0) is 42.8 Å². The smallest absolute Gasteiger partial charge is 0.255 e. The van der Waals surface area contributed by atoms with E-state index in [-0.39, 0.29) is 12.0 Å². The summed E-state index contributed by atoms with van der Waals surface area (Å²) in [5, 5.41) is 6.81. The summed E-state index contributed by atoms with van der Waals surface area (Å²) in [6.45, 7) is 3.61. The fourth-order valence-corrected chi connectivity index (χ4v) is 2.71. The Bertz CT molecular complexity index is 680. The van der Waals surface area contributed by atoms with E-state index in [1.165, 1.54) is 0 Å². The minimum Gasteiger partial charge on any atom is -0.371 e. The zero-order valence-corrected chi connectivity index (χ0v) is 13.6. The number of hydrogen-bond donors (Lipinski definition) is 2. The molecule has 120 valence electrons. The van der Waals surface area contributed by atoms with Crippen molar-refractivity contribution in [1.82, 2.24) is 5.32 Å². The van der Waals surface area contributed by atoms with E-state index in [9.17, 15) is 4.79 Å². The van der Waals surface area contributed by atoms with Gasteiger partial charge < -0.3 is 15.4 Å². The number of ether oxygens (including phenoxy) is 1. The quantitative estimate of drug-likeness (QED) is 0.903. The van der Waals surface area contributed by atoms with Crippen molar-refractivity contribution < 1.29 is 9.53 Å². The van der Waals surface area contributed by atoms with Gasteiger partial charge in [-0.15, -0.1) is 0 Å². The topological polar surface area (TPSA) is 50.4 Å². The van der Waals surface area contributed by atoms with E-state index in [4.69, 9.17) is 16.3 Å². The first-order valence-corrected chi connectivity index (χ1v) is 8.01. The summed E-state index contributed by atoms with van der Waals surface area (Å²) < 4.78 is 5.82. The van der Waals surface area contributed by atoms with Crippen molar-refractivity contribution in [1.29, 1.82) is 0 Å². The monoisotopic (exact) mass is 330 g/mol. The highest BCUT2D eigenvalue weighted by Gasteiger charge is 2.19. The minimum absolute atomic E-state index is 0.0591. The molecular formula is C18H19ClN2O2. The second kappa shape index (κ2) is 7.13. The Hall–Kier alpha value is -1.88. The van der Waals surface area contributed by atoms with Crippen LogP contribution in [0.5, 0.6) is 0 Å². The van der Waals surface area contributed by atoms with Gasteiger partial charge in [0.2, 0.25) is 0 Å². The molecule has 0 aliphatic carbocycles. The molecule has 1 amide bonds. The Morgan fingerprint density at radius 2 is 2.04 bits per heavy atom. The van der Waals surface area contributed by atoms with Gasteiger partial charge in [-0.2, -0.15) is 0 Å². The van der Waals surface area contributed by atoms with Gasteiger partial charge in [-0.3, -0.25) is 4.79 Å². The third-order valence-corrected chi connectivity index (χ3v) is 4.06. The molecule has 0 bridgehead atoms. The van der Waals surface area contributed by atoms with Gasteiger partial charge in [0.25, 0.3) is 5.91 Å². The van der Waals surface area contributed by atoms with Crippen molar-refractivity contribution in [3.05, 3.63) is 64.7 Å². The third-order valence-electron chi connectivity index (χ3n) is 3.83. The number of anilines is 1. The maximum Gasteiger partial charge on any atom is 0.255 e. The van der Waals surface area contributed by atoms with Crippen LogP contribution in [0.25, 0.3) is 0 Å². The number of amides is 1. The summed E-state index contributed by atoms with van der Waals surface area (Å²) in [6, 6.07) is 15.0. The van der Waals surface area contributed by atoms with E-state index in [1.807, 2.05) is 24.3 Å². The highest BCUT2D eigenvalue weighted by molar-refractivity contribution is 6.31. The van der Waals surface area contributed by atoms with Crippen molar-refractivity contribution in [3.63, 3.8) is 0 Å². The van der Waals surface area contributed by atoms with Crippen molar-refractivity contribution in [2.24, 2.45) is 0 Å². The van der Waals surface area contributed by atoms with Gasteiger partial charge in [0.05, 0.1) is 12.7 Å². The van der Waals surface area contributed by atoms with Crippen LogP contribution >= 0.6 is 11.6 Å². The van der Waals surface area contributed by atoms with E-state index >= 15 is 0 Å². The lowest BCUT2D eigenvalue weighted by Gasteiger charge is -2.28. The van der Waals surface area contributed by atoms with Crippen molar-refractivity contribution >= 4 is 23.2 Å². The summed E-state index contributed by atoms with van der Waals surface area (Å²) in [5.74, 6) is -0.176. The molecule has 5 heteroatoms. The van der Waals surface area contributed by atoms with Crippen LogP contribution in [0.1, 0.15) is 28.9 Å². The Balaban J connectivity index is 1.64. The van der Waals surface area contributed by atoms with Crippen molar-refractivity contribution in [3.8, 4) is 0 Å². The maximum atomic E-state index is 12.2. The Labute approximate surface area is 140 Å². The van der Waals surface area contributed by atoms with Crippen LogP contribution in [-0.2, 0) is 4.74 Å². The number of halogens is 1. The van der Waals surface area contributed by atoms with Crippen LogP contribution in [0.4, 0.5) is 5.69 Å². The summed E-state index contributed by atoms with van der Waals surface area (Å²) >= 11 is 5.91. The predicted octanol–water partition coefficient (Wildman–Crippen LogP) is 3.64. The molecule has 2 aromatic carbocycles. The number of carbonyl (C=O) groups excluding carboxylic acids is 1. The van der Waals surface area contributed by atoms with Gasteiger partial charge in [0.15, 0.2) is 0 Å². The van der Waals surface area contributed by atoms with Crippen LogP contribution in [-0.4, -0.2) is 25.1 Å². The fraction of sp³-hybridized carbons (Fsp3) is 0.278. The maximum absolute atomic E-state index is 12.2. The number of benzene rings is 2. The Morgan fingerprint density at radius 1 is 1.26 bits per heavy atom. The molecule has 0 radical (unpaired) electrons. The molecule has 1 aliphatic heterocycles. The highest BCUT2D eigenvalue weighted by Crippen LogP contribution is 2.22. The molecule has 2 N–H and O–H groups in total. The first-order chi connectivity index (χ1) is 11.1. The first-order valence-electron chi connectivity index (χ1n) is 7.63. The SMILES string of the molecule is CC1COC(c2ccc(NC(=O)c3cccc(Cl)c3)cc2)CN1. The lowest BCUT2D eigenvalue weighted by atomic mass is 10.1. The molecule has 1 aliphatic rings. The van der Waals surface area contributed by atoms with E-state index in [1.54, 1.807) is 24.3 Å². The van der Waals surface area contributed by atoms with Crippen LogP contribution in [0.3, 0.4) is 0 Å². The van der Waals surface area contributed by atoms with E-state index in [0.717, 1.165) is 17.8 Å². The van der Waals surface area contributed by atoms with Crippen LogP contribution in [0.15, 0.2) is 48.5 Å². The number of hydrogen-bond acceptors (Lipinski definition) is 3. The Kier molecular flexibility index (Phi) is 4.96. The third kappa shape index (κ3) is 4.10. The van der Waals surface area contributed by atoms with Gasteiger partial charge in [0, 0.05) is 28.9 Å². The standard InChI is InChI=1S/C18H19ClN2O2/c1-12-11-23-17(10-20-12)13-5-7-16(8-6-13)21-18(22)14-3-2-4-15(19)9-14/h2-9,12,17,20H,10-11H2,1H3,(H,21,22). The normalized spacial score (nSPS) is 21.0. The number of rotatable bonds is 3. The predicted molar refractivity (Wildman–Crippen MR) is 92.0 cm³/mol. The molecule has 0 spiro atoms. The molecule has 1 heterocycles. The fourth-order valence-electron chi connectivity index (χ4n) is 2.51. The zero-order valence-electron chi connectivity index (χ0n) is 12.9. The van der Waals surface area contributed by atoms with E-state index in [2.05, 4.69) is 17.6 Å². The molecule has 0 aromatic heterocycles.